The van der Waals surface area contributed by atoms with Gasteiger partial charge in [-0.1, -0.05) is 19.9 Å². The molecule has 0 bridgehead atoms. The topological polar surface area (TPSA) is 186 Å². The van der Waals surface area contributed by atoms with Gasteiger partial charge in [0, 0.05) is 6.07 Å². The van der Waals surface area contributed by atoms with Gasteiger partial charge >= 0.3 is 11.7 Å². The monoisotopic (exact) mass is 479 g/mol. The summed E-state index contributed by atoms with van der Waals surface area (Å²) in [7, 11) is 3.27. The molecule has 0 radical (unpaired) electrons. The van der Waals surface area contributed by atoms with Gasteiger partial charge in [-0.25, -0.2) is 4.79 Å². The molecule has 1 aromatic carbocycles. The Morgan fingerprint density at radius 1 is 1.29 bits per heavy atom. The molecule has 0 fully saturated rings. The summed E-state index contributed by atoms with van der Waals surface area (Å²) in [6, 6.07) is -0.102. The van der Waals surface area contributed by atoms with Gasteiger partial charge in [0.1, 0.15) is 18.2 Å². The normalized spacial score (nSPS) is 14.5. The Balaban J connectivity index is 3.38. The lowest BCUT2D eigenvalue weighted by Crippen LogP contribution is -2.57. The molecule has 0 aromatic heterocycles. The van der Waals surface area contributed by atoms with Crippen molar-refractivity contribution < 1.29 is 33.9 Å². The SMILES string of the molecule is BN(C)[C@H](CC(C)C)C(=O)N[C@@H](C(=O)N[C@@H](CC#N)C(=O)O)[C@H](O)c1ccc(F)c([N+](=O)[O-])c1. The number of carboxylic acids is 1. The molecule has 0 aliphatic carbocycles. The molecule has 1 aromatic rings. The van der Waals surface area contributed by atoms with Crippen molar-refractivity contribution in [2.45, 2.75) is 50.9 Å². The summed E-state index contributed by atoms with van der Waals surface area (Å²) in [6.07, 6.45) is -2.10. The number of aliphatic hydroxyl groups excluding tert-OH is 1. The van der Waals surface area contributed by atoms with Crippen LogP contribution in [-0.4, -0.2) is 70.9 Å². The molecule has 12 nitrogen and oxygen atoms in total. The number of hydrogen-bond acceptors (Lipinski definition) is 8. The highest BCUT2D eigenvalue weighted by Gasteiger charge is 2.35. The third-order valence-electron chi connectivity index (χ3n) is 4.94. The van der Waals surface area contributed by atoms with Gasteiger partial charge in [0.05, 0.1) is 23.5 Å². The first-order valence-electron chi connectivity index (χ1n) is 10.3. The van der Waals surface area contributed by atoms with Crippen LogP contribution in [0.2, 0.25) is 0 Å². The first-order chi connectivity index (χ1) is 15.8. The van der Waals surface area contributed by atoms with Gasteiger partial charge in [0.25, 0.3) is 0 Å². The second-order valence-electron chi connectivity index (χ2n) is 8.27. The Hall–Kier alpha value is -3.57. The summed E-state index contributed by atoms with van der Waals surface area (Å²) < 4.78 is 13.7. The van der Waals surface area contributed by atoms with Crippen molar-refractivity contribution in [2.24, 2.45) is 5.92 Å². The molecule has 0 saturated carbocycles. The average Bonchev–Trinajstić information content (AvgIpc) is 2.74. The lowest BCUT2D eigenvalue weighted by atomic mass is 9.97. The zero-order valence-corrected chi connectivity index (χ0v) is 19.2. The summed E-state index contributed by atoms with van der Waals surface area (Å²) >= 11 is 0. The van der Waals surface area contributed by atoms with E-state index in [-0.39, 0.29) is 11.5 Å². The molecule has 0 aliphatic heterocycles. The first-order valence-corrected chi connectivity index (χ1v) is 10.3. The standard InChI is InChI=1S/C20H27BFN5O7/c1-10(2)8-15(26(3)21)18(29)25-16(19(30)24-13(6-7-23)20(31)32)17(28)11-4-5-12(22)14(9-11)27(33)34/h4-5,9-10,13,15-17,28H,6,8,21H2,1-3H3,(H,24,30)(H,25,29)(H,31,32)/t13-,15+,16+,17+/m0/s1. The van der Waals surface area contributed by atoms with Gasteiger partial charge < -0.3 is 25.7 Å². The van der Waals surface area contributed by atoms with Gasteiger partial charge in [-0.3, -0.25) is 19.7 Å². The third-order valence-corrected chi connectivity index (χ3v) is 4.94. The molecular weight excluding hydrogens is 452 g/mol. The molecule has 0 aliphatic rings. The molecule has 34 heavy (non-hydrogen) atoms. The van der Waals surface area contributed by atoms with Crippen molar-refractivity contribution >= 4 is 31.5 Å². The average molecular weight is 479 g/mol. The van der Waals surface area contributed by atoms with Crippen LogP contribution in [0.1, 0.15) is 38.4 Å². The quantitative estimate of drug-likeness (QED) is 0.176. The summed E-state index contributed by atoms with van der Waals surface area (Å²) in [5.41, 5.74) is -1.22. The van der Waals surface area contributed by atoms with Crippen molar-refractivity contribution in [3.63, 3.8) is 0 Å². The maximum absolute atomic E-state index is 13.7. The maximum Gasteiger partial charge on any atom is 0.327 e. The Morgan fingerprint density at radius 3 is 2.38 bits per heavy atom. The van der Waals surface area contributed by atoms with Crippen LogP contribution in [-0.2, 0) is 14.4 Å². The van der Waals surface area contributed by atoms with Crippen LogP contribution < -0.4 is 10.6 Å². The van der Waals surface area contributed by atoms with Gasteiger partial charge in [-0.15, -0.1) is 0 Å². The summed E-state index contributed by atoms with van der Waals surface area (Å²) in [5, 5.41) is 44.4. The van der Waals surface area contributed by atoms with Crippen LogP contribution in [0.15, 0.2) is 18.2 Å². The van der Waals surface area contributed by atoms with Crippen LogP contribution in [0.4, 0.5) is 10.1 Å². The molecule has 4 N–H and O–H groups in total. The van der Waals surface area contributed by atoms with Gasteiger partial charge in [0.2, 0.25) is 17.6 Å². The van der Waals surface area contributed by atoms with Crippen molar-refractivity contribution in [3.8, 4) is 6.07 Å². The number of carboxylic acid groups (broad SMARTS) is 1. The molecular formula is C20H27BFN5O7. The van der Waals surface area contributed by atoms with Crippen molar-refractivity contribution in [3.05, 3.63) is 39.7 Å². The van der Waals surface area contributed by atoms with E-state index in [9.17, 15) is 39.1 Å². The highest BCUT2D eigenvalue weighted by molar-refractivity contribution is 6.06. The van der Waals surface area contributed by atoms with Gasteiger partial charge in [-0.05, 0) is 31.0 Å². The molecule has 0 spiro atoms. The number of hydrogen-bond donors (Lipinski definition) is 4. The highest BCUT2D eigenvalue weighted by Crippen LogP contribution is 2.25. The number of benzene rings is 1. The van der Waals surface area contributed by atoms with E-state index in [2.05, 4.69) is 10.6 Å². The number of nitriles is 1. The minimum absolute atomic E-state index is 0.0853. The number of nitro groups is 1. The third kappa shape index (κ3) is 7.78. The maximum atomic E-state index is 13.7. The number of carbonyl (C=O) groups is 3. The molecule has 184 valence electrons. The zero-order valence-electron chi connectivity index (χ0n) is 19.2. The number of likely N-dealkylation sites (N-methyl/N-ethyl adjacent to an activating group) is 1. The molecule has 0 saturated heterocycles. The van der Waals surface area contributed by atoms with E-state index in [1.165, 1.54) is 0 Å². The summed E-state index contributed by atoms with van der Waals surface area (Å²) in [6.45, 7) is 3.75. The fourth-order valence-electron chi connectivity index (χ4n) is 3.14. The van der Waals surface area contributed by atoms with Crippen LogP contribution in [0.25, 0.3) is 0 Å². The largest absolute Gasteiger partial charge is 0.480 e. The van der Waals surface area contributed by atoms with Gasteiger partial charge in [0.15, 0.2) is 7.98 Å². The van der Waals surface area contributed by atoms with E-state index in [0.29, 0.717) is 12.5 Å². The van der Waals surface area contributed by atoms with E-state index in [1.54, 1.807) is 25.9 Å². The Kier molecular flexibility index (Phi) is 10.6. The Bertz CT molecular complexity index is 969. The number of aliphatic hydroxyl groups is 1. The minimum Gasteiger partial charge on any atom is -0.480 e. The molecule has 14 heteroatoms. The van der Waals surface area contributed by atoms with Crippen molar-refractivity contribution in [1.29, 1.82) is 5.26 Å². The molecule has 0 unspecified atom stereocenters. The Labute approximate surface area is 196 Å². The number of nitrogens with one attached hydrogen (secondary N) is 2. The van der Waals surface area contributed by atoms with Crippen LogP contribution >= 0.6 is 0 Å². The smallest absolute Gasteiger partial charge is 0.327 e. The van der Waals surface area contributed by atoms with Gasteiger partial charge in [-0.2, -0.15) is 9.65 Å². The molecule has 4 atom stereocenters. The predicted octanol–water partition coefficient (Wildman–Crippen LogP) is -0.370. The number of halogens is 1. The molecule has 0 heterocycles. The van der Waals surface area contributed by atoms with E-state index < -0.39 is 64.9 Å². The first kappa shape index (κ1) is 28.5. The predicted molar refractivity (Wildman–Crippen MR) is 119 cm³/mol. The number of rotatable bonds is 12. The zero-order chi connectivity index (χ0) is 26.2. The molecule has 1 rings (SSSR count). The molecule has 2 amide bonds. The lowest BCUT2D eigenvalue weighted by molar-refractivity contribution is -0.387. The van der Waals surface area contributed by atoms with Crippen molar-refractivity contribution in [1.82, 2.24) is 15.4 Å². The fourth-order valence-corrected chi connectivity index (χ4v) is 3.14. The number of nitro benzene ring substituents is 1. The highest BCUT2D eigenvalue weighted by atomic mass is 19.1. The second kappa shape index (κ2) is 12.6. The Morgan fingerprint density at radius 2 is 1.91 bits per heavy atom. The number of nitrogens with zero attached hydrogens (tertiary/aromatic N) is 3. The minimum atomic E-state index is -1.90. The van der Waals surface area contributed by atoms with Crippen LogP contribution in [0.3, 0.4) is 0 Å². The van der Waals surface area contributed by atoms with E-state index >= 15 is 0 Å². The number of amides is 2. The summed E-state index contributed by atoms with van der Waals surface area (Å²) in [4.78, 5) is 48.9. The van der Waals surface area contributed by atoms with Crippen molar-refractivity contribution in [2.75, 3.05) is 7.05 Å². The van der Waals surface area contributed by atoms with E-state index in [0.717, 1.165) is 12.1 Å². The van der Waals surface area contributed by atoms with E-state index in [1.807, 2.05) is 13.8 Å². The second-order valence-corrected chi connectivity index (χ2v) is 8.27. The summed E-state index contributed by atoms with van der Waals surface area (Å²) in [5.74, 6) is -4.41. The fraction of sp³-hybridized carbons (Fsp3) is 0.500. The number of carbonyl (C=O) groups excluding carboxylic acids is 2. The van der Waals surface area contributed by atoms with Crippen LogP contribution in [0, 0.1) is 33.2 Å². The van der Waals surface area contributed by atoms with E-state index in [4.69, 9.17) is 5.26 Å². The van der Waals surface area contributed by atoms with Crippen LogP contribution in [0.5, 0.6) is 0 Å². The lowest BCUT2D eigenvalue weighted by Gasteiger charge is -2.30. The number of aliphatic carboxylic acids is 1.